The summed E-state index contributed by atoms with van der Waals surface area (Å²) in [5.74, 6) is 0.278. The second-order valence-corrected chi connectivity index (χ2v) is 12.6. The molecule has 2 atom stereocenters. The van der Waals surface area contributed by atoms with Gasteiger partial charge in [-0.25, -0.2) is 13.8 Å². The Labute approximate surface area is 261 Å². The lowest BCUT2D eigenvalue weighted by Gasteiger charge is -2.35. The molecular formula is C36H47F2N3OS. The van der Waals surface area contributed by atoms with Crippen LogP contribution in [-0.2, 0) is 4.74 Å². The maximum atomic E-state index is 16.3. The predicted molar refractivity (Wildman–Crippen MR) is 178 cm³/mol. The number of nitriles is 1. The molecule has 3 rings (SSSR count). The van der Waals surface area contributed by atoms with Crippen LogP contribution in [0.5, 0.6) is 0 Å². The zero-order valence-electron chi connectivity index (χ0n) is 27.3. The average molecular weight is 608 g/mol. The maximum Gasteiger partial charge on any atom is 0.209 e. The number of halogens is 2. The van der Waals surface area contributed by atoms with Gasteiger partial charge in [0, 0.05) is 39.7 Å². The van der Waals surface area contributed by atoms with Crippen LogP contribution < -0.4 is 0 Å². The van der Waals surface area contributed by atoms with E-state index in [1.54, 1.807) is 25.3 Å². The molecule has 1 aliphatic carbocycles. The van der Waals surface area contributed by atoms with E-state index in [1.807, 2.05) is 33.8 Å². The van der Waals surface area contributed by atoms with Gasteiger partial charge in [0.2, 0.25) is 5.88 Å². The molecule has 0 radical (unpaired) electrons. The van der Waals surface area contributed by atoms with Crippen molar-refractivity contribution in [1.82, 2.24) is 4.90 Å². The molecule has 232 valence electrons. The molecule has 0 saturated heterocycles. The molecule has 7 heteroatoms. The topological polar surface area (TPSA) is 48.6 Å². The molecular weight excluding hydrogens is 560 g/mol. The van der Waals surface area contributed by atoms with Gasteiger partial charge in [0.25, 0.3) is 0 Å². The number of benzene rings is 1. The van der Waals surface area contributed by atoms with Crippen molar-refractivity contribution in [3.05, 3.63) is 75.2 Å². The Morgan fingerprint density at radius 1 is 1.09 bits per heavy atom. The van der Waals surface area contributed by atoms with Crippen LogP contribution >= 0.6 is 11.3 Å². The van der Waals surface area contributed by atoms with Gasteiger partial charge in [0.05, 0.1) is 23.1 Å². The number of thiophene rings is 1. The molecule has 0 saturated carbocycles. The van der Waals surface area contributed by atoms with Crippen molar-refractivity contribution in [2.45, 2.75) is 99.5 Å². The normalized spacial score (nSPS) is 17.6. The maximum absolute atomic E-state index is 16.3. The van der Waals surface area contributed by atoms with Crippen molar-refractivity contribution >= 4 is 32.7 Å². The van der Waals surface area contributed by atoms with E-state index in [2.05, 4.69) is 38.7 Å². The molecule has 0 bridgehead atoms. The van der Waals surface area contributed by atoms with E-state index in [9.17, 15) is 5.26 Å². The van der Waals surface area contributed by atoms with Crippen molar-refractivity contribution in [3.63, 3.8) is 0 Å². The van der Waals surface area contributed by atoms with E-state index in [0.717, 1.165) is 49.2 Å². The summed E-state index contributed by atoms with van der Waals surface area (Å²) in [6.07, 6.45) is 10.2. The van der Waals surface area contributed by atoms with Gasteiger partial charge in [-0.1, -0.05) is 54.0 Å². The Hall–Kier alpha value is -3.24. The average Bonchev–Trinajstić information content (AvgIpc) is 3.40. The third-order valence-corrected chi connectivity index (χ3v) is 9.91. The molecule has 0 amide bonds. The van der Waals surface area contributed by atoms with Gasteiger partial charge in [-0.2, -0.15) is 5.26 Å². The minimum atomic E-state index is -0.440. The van der Waals surface area contributed by atoms with Gasteiger partial charge < -0.3 is 9.64 Å². The third kappa shape index (κ3) is 7.47. The number of fused-ring (bicyclic) bond motifs is 1. The lowest BCUT2D eigenvalue weighted by Crippen LogP contribution is -2.35. The van der Waals surface area contributed by atoms with Gasteiger partial charge in [0.15, 0.2) is 0 Å². The molecule has 2 unspecified atom stereocenters. The van der Waals surface area contributed by atoms with E-state index in [0.29, 0.717) is 50.3 Å². The van der Waals surface area contributed by atoms with Crippen LogP contribution in [-0.4, -0.2) is 30.3 Å². The summed E-state index contributed by atoms with van der Waals surface area (Å²) in [6.45, 7) is 17.6. The number of hydrogen-bond acceptors (Lipinski definition) is 5. The summed E-state index contributed by atoms with van der Waals surface area (Å²) in [5, 5.41) is 10.6. The molecule has 4 nitrogen and oxygen atoms in total. The van der Waals surface area contributed by atoms with Crippen molar-refractivity contribution < 1.29 is 13.5 Å². The molecule has 2 aromatic rings. The molecule has 0 fully saturated rings. The highest BCUT2D eigenvalue weighted by molar-refractivity contribution is 7.19. The highest BCUT2D eigenvalue weighted by atomic mass is 32.1. The van der Waals surface area contributed by atoms with Crippen LogP contribution in [0.1, 0.15) is 109 Å². The zero-order chi connectivity index (χ0) is 31.8. The Bertz CT molecular complexity index is 1500. The van der Waals surface area contributed by atoms with Crippen LogP contribution in [0.2, 0.25) is 0 Å². The van der Waals surface area contributed by atoms with E-state index in [-0.39, 0.29) is 11.5 Å². The van der Waals surface area contributed by atoms with Gasteiger partial charge in [-0.3, -0.25) is 0 Å². The minimum absolute atomic E-state index is 0.0321. The number of allylic oxidation sites excluding steroid dienone is 7. The van der Waals surface area contributed by atoms with E-state index in [1.165, 1.54) is 17.4 Å². The number of ether oxygens (including phenoxy) is 1. The number of aliphatic imine (C=N–C) groups is 1. The molecule has 1 aliphatic rings. The minimum Gasteiger partial charge on any atom is -0.481 e. The number of rotatable bonds is 13. The summed E-state index contributed by atoms with van der Waals surface area (Å²) in [6, 6.07) is 5.54. The second-order valence-electron chi connectivity index (χ2n) is 11.5. The fourth-order valence-electron chi connectivity index (χ4n) is 5.74. The van der Waals surface area contributed by atoms with E-state index in [4.69, 9.17) is 9.73 Å². The highest BCUT2D eigenvalue weighted by Crippen LogP contribution is 2.43. The Morgan fingerprint density at radius 3 is 2.37 bits per heavy atom. The molecule has 43 heavy (non-hydrogen) atoms. The fraction of sp³-hybridized carbons (Fsp3) is 0.500. The van der Waals surface area contributed by atoms with Crippen LogP contribution in [0.25, 0.3) is 15.7 Å². The van der Waals surface area contributed by atoms with Gasteiger partial charge in [-0.15, -0.1) is 11.3 Å². The zero-order valence-corrected chi connectivity index (χ0v) is 28.1. The fourth-order valence-corrected chi connectivity index (χ4v) is 6.92. The Morgan fingerprint density at radius 2 is 1.81 bits per heavy atom. The summed E-state index contributed by atoms with van der Waals surface area (Å²) in [4.78, 5) is 8.03. The SMILES string of the molecule is CC/C=C(/N=C1/C=C(c2ccc(F)c3sc(C(C)C)c(C#N)c23)C(F)=C/C1=C(/C)N(CC)C(CC)CCC(C)CC)OC. The predicted octanol–water partition coefficient (Wildman–Crippen LogP) is 10.8. The second kappa shape index (κ2) is 15.5. The van der Waals surface area contributed by atoms with Crippen molar-refractivity contribution in [1.29, 1.82) is 5.26 Å². The smallest absolute Gasteiger partial charge is 0.209 e. The van der Waals surface area contributed by atoms with Crippen LogP contribution in [0.15, 0.2) is 58.3 Å². The van der Waals surface area contributed by atoms with Crippen LogP contribution in [0.4, 0.5) is 8.78 Å². The molecule has 1 heterocycles. The van der Waals surface area contributed by atoms with Gasteiger partial charge in [-0.05, 0) is 81.2 Å². The molecule has 1 aromatic carbocycles. The standard InChI is InChI=1S/C36H47F2N3OS/c1-10-14-33(42-9)40-32-20-28(26-17-18-30(37)36-34(26)29(21-39)35(43-36)22(5)6)31(38)19-27(32)24(8)41(13-4)25(12-3)16-15-23(7)11-2/h14,17-20,22-23,25H,10-13,15-16H2,1-9H3/b27-24+,33-14-,40-32-. The largest absolute Gasteiger partial charge is 0.481 e. The first-order valence-electron chi connectivity index (χ1n) is 15.6. The Balaban J connectivity index is 2.28. The first-order valence-corrected chi connectivity index (χ1v) is 16.4. The summed E-state index contributed by atoms with van der Waals surface area (Å²) >= 11 is 1.27. The summed E-state index contributed by atoms with van der Waals surface area (Å²) in [5.41, 5.74) is 3.39. The Kier molecular flexibility index (Phi) is 12.3. The molecule has 1 aromatic heterocycles. The van der Waals surface area contributed by atoms with Crippen molar-refractivity contribution in [2.75, 3.05) is 13.7 Å². The van der Waals surface area contributed by atoms with E-state index < -0.39 is 11.6 Å². The highest BCUT2D eigenvalue weighted by Gasteiger charge is 2.28. The van der Waals surface area contributed by atoms with Crippen LogP contribution in [0, 0.1) is 23.1 Å². The lowest BCUT2D eigenvalue weighted by molar-refractivity contribution is 0.230. The lowest BCUT2D eigenvalue weighted by atomic mass is 9.89. The summed E-state index contributed by atoms with van der Waals surface area (Å²) in [7, 11) is 1.58. The summed E-state index contributed by atoms with van der Waals surface area (Å²) < 4.78 is 37.3. The van der Waals surface area contributed by atoms with Crippen molar-refractivity contribution in [2.24, 2.45) is 10.9 Å². The van der Waals surface area contributed by atoms with Gasteiger partial charge >= 0.3 is 0 Å². The quantitative estimate of drug-likeness (QED) is 0.213. The van der Waals surface area contributed by atoms with E-state index >= 15 is 8.78 Å². The van der Waals surface area contributed by atoms with Gasteiger partial charge in [0.1, 0.15) is 17.7 Å². The number of methoxy groups -OCH3 is 1. The first kappa shape index (κ1) is 34.3. The third-order valence-electron chi connectivity index (χ3n) is 8.41. The molecule has 0 N–H and O–H groups in total. The van der Waals surface area contributed by atoms with Crippen molar-refractivity contribution in [3.8, 4) is 6.07 Å². The molecule has 0 spiro atoms. The number of nitrogens with zero attached hydrogens (tertiary/aromatic N) is 3. The number of hydrogen-bond donors (Lipinski definition) is 0. The monoisotopic (exact) mass is 607 g/mol. The van der Waals surface area contributed by atoms with Crippen LogP contribution in [0.3, 0.4) is 0 Å². The first-order chi connectivity index (χ1) is 20.6. The molecule has 0 aliphatic heterocycles.